The van der Waals surface area contributed by atoms with Crippen LogP contribution in [0.5, 0.6) is 0 Å². The molecule has 1 aromatic rings. The first-order valence-corrected chi connectivity index (χ1v) is 8.04. The number of amides is 1. The van der Waals surface area contributed by atoms with E-state index >= 15 is 0 Å². The summed E-state index contributed by atoms with van der Waals surface area (Å²) >= 11 is 0. The molecular weight excluding hydrogens is 262 g/mol. The number of benzene rings is 1. The largest absolute Gasteiger partial charge is 0.397 e. The summed E-state index contributed by atoms with van der Waals surface area (Å²) in [4.78, 5) is 14.0. The Balaban J connectivity index is 1.90. The lowest BCUT2D eigenvalue weighted by Crippen LogP contribution is -2.27. The second kappa shape index (κ2) is 5.24. The third kappa shape index (κ3) is 2.47. The van der Waals surface area contributed by atoms with Gasteiger partial charge in [0.2, 0.25) is 5.91 Å². The van der Waals surface area contributed by atoms with Crippen LogP contribution in [0.1, 0.15) is 45.1 Å². The van der Waals surface area contributed by atoms with Crippen molar-refractivity contribution in [3.8, 4) is 0 Å². The Morgan fingerprint density at radius 3 is 2.71 bits per heavy atom. The fourth-order valence-electron chi connectivity index (χ4n) is 3.68. The molecule has 0 saturated carbocycles. The SMILES string of the molecule is CCC1(CC)CCN(c2cc3c(cc2N)CCC(=O)N3)C1. The highest BCUT2D eigenvalue weighted by atomic mass is 16.1. The van der Waals surface area contributed by atoms with Gasteiger partial charge in [-0.2, -0.15) is 0 Å². The van der Waals surface area contributed by atoms with E-state index < -0.39 is 0 Å². The first kappa shape index (κ1) is 14.2. The van der Waals surface area contributed by atoms with Crippen molar-refractivity contribution in [1.29, 1.82) is 0 Å². The molecule has 0 atom stereocenters. The lowest BCUT2D eigenvalue weighted by atomic mass is 9.82. The Morgan fingerprint density at radius 1 is 1.29 bits per heavy atom. The van der Waals surface area contributed by atoms with E-state index in [9.17, 15) is 4.79 Å². The zero-order valence-corrected chi connectivity index (χ0v) is 13.0. The highest BCUT2D eigenvalue weighted by Crippen LogP contribution is 2.42. The van der Waals surface area contributed by atoms with Crippen LogP contribution < -0.4 is 16.0 Å². The van der Waals surface area contributed by atoms with Crippen LogP contribution in [-0.2, 0) is 11.2 Å². The van der Waals surface area contributed by atoms with E-state index in [1.165, 1.54) is 19.3 Å². The van der Waals surface area contributed by atoms with Gasteiger partial charge in [0.1, 0.15) is 0 Å². The molecule has 1 saturated heterocycles. The van der Waals surface area contributed by atoms with Gasteiger partial charge in [-0.15, -0.1) is 0 Å². The highest BCUT2D eigenvalue weighted by molar-refractivity contribution is 5.95. The molecule has 1 fully saturated rings. The van der Waals surface area contributed by atoms with Gasteiger partial charge in [-0.1, -0.05) is 13.8 Å². The Kier molecular flexibility index (Phi) is 3.56. The summed E-state index contributed by atoms with van der Waals surface area (Å²) < 4.78 is 0. The first-order chi connectivity index (χ1) is 10.1. The maximum Gasteiger partial charge on any atom is 0.224 e. The van der Waals surface area contributed by atoms with Gasteiger partial charge in [0.25, 0.3) is 0 Å². The van der Waals surface area contributed by atoms with Crippen LogP contribution in [0.15, 0.2) is 12.1 Å². The molecule has 114 valence electrons. The summed E-state index contributed by atoms with van der Waals surface area (Å²) in [7, 11) is 0. The van der Waals surface area contributed by atoms with Crippen LogP contribution in [-0.4, -0.2) is 19.0 Å². The van der Waals surface area contributed by atoms with Crippen molar-refractivity contribution < 1.29 is 4.79 Å². The zero-order valence-electron chi connectivity index (χ0n) is 13.0. The monoisotopic (exact) mass is 287 g/mol. The number of hydrogen-bond acceptors (Lipinski definition) is 3. The summed E-state index contributed by atoms with van der Waals surface area (Å²) in [5.41, 5.74) is 10.7. The van der Waals surface area contributed by atoms with E-state index in [1.54, 1.807) is 0 Å². The van der Waals surface area contributed by atoms with Crippen molar-refractivity contribution in [2.45, 2.75) is 46.0 Å². The molecule has 4 heteroatoms. The third-order valence-corrected chi connectivity index (χ3v) is 5.43. The number of rotatable bonds is 3. The molecular formula is C17H25N3O. The van der Waals surface area contributed by atoms with Crippen LogP contribution >= 0.6 is 0 Å². The van der Waals surface area contributed by atoms with Gasteiger partial charge >= 0.3 is 0 Å². The van der Waals surface area contributed by atoms with E-state index in [4.69, 9.17) is 5.73 Å². The summed E-state index contributed by atoms with van der Waals surface area (Å²) in [6.07, 6.45) is 5.00. The molecule has 1 amide bonds. The van der Waals surface area contributed by atoms with Gasteiger partial charge < -0.3 is 16.0 Å². The number of nitrogens with zero attached hydrogens (tertiary/aromatic N) is 1. The van der Waals surface area contributed by atoms with E-state index in [0.29, 0.717) is 11.8 Å². The van der Waals surface area contributed by atoms with Gasteiger partial charge in [-0.25, -0.2) is 0 Å². The highest BCUT2D eigenvalue weighted by Gasteiger charge is 2.35. The average Bonchev–Trinajstić information content (AvgIpc) is 2.92. The molecule has 1 aromatic carbocycles. The van der Waals surface area contributed by atoms with E-state index in [1.807, 2.05) is 6.07 Å². The van der Waals surface area contributed by atoms with E-state index in [2.05, 4.69) is 30.1 Å². The van der Waals surface area contributed by atoms with Crippen molar-refractivity contribution in [2.75, 3.05) is 29.0 Å². The van der Waals surface area contributed by atoms with Crippen molar-refractivity contribution in [3.63, 3.8) is 0 Å². The molecule has 0 aromatic heterocycles. The molecule has 0 bridgehead atoms. The number of aryl methyl sites for hydroxylation is 1. The minimum absolute atomic E-state index is 0.108. The Bertz CT molecular complexity index is 563. The van der Waals surface area contributed by atoms with Crippen molar-refractivity contribution in [1.82, 2.24) is 0 Å². The topological polar surface area (TPSA) is 58.4 Å². The number of hydrogen-bond donors (Lipinski definition) is 2. The molecule has 0 spiro atoms. The maximum atomic E-state index is 11.6. The van der Waals surface area contributed by atoms with Crippen LogP contribution in [0.4, 0.5) is 17.1 Å². The summed E-state index contributed by atoms with van der Waals surface area (Å²) in [5, 5.41) is 2.98. The lowest BCUT2D eigenvalue weighted by Gasteiger charge is -2.29. The van der Waals surface area contributed by atoms with Gasteiger partial charge in [-0.3, -0.25) is 4.79 Å². The number of anilines is 3. The van der Waals surface area contributed by atoms with Crippen LogP contribution in [0.3, 0.4) is 0 Å². The number of nitrogens with one attached hydrogen (secondary N) is 1. The number of carbonyl (C=O) groups excluding carboxylic acids is 1. The van der Waals surface area contributed by atoms with Crippen molar-refractivity contribution in [2.24, 2.45) is 5.41 Å². The second-order valence-electron chi connectivity index (χ2n) is 6.50. The number of fused-ring (bicyclic) bond motifs is 1. The van der Waals surface area contributed by atoms with Gasteiger partial charge in [0.05, 0.1) is 11.4 Å². The zero-order chi connectivity index (χ0) is 15.0. The maximum absolute atomic E-state index is 11.6. The van der Waals surface area contributed by atoms with Crippen molar-refractivity contribution >= 4 is 23.0 Å². The summed E-state index contributed by atoms with van der Waals surface area (Å²) in [6, 6.07) is 4.12. The minimum Gasteiger partial charge on any atom is -0.397 e. The molecule has 0 unspecified atom stereocenters. The Labute approximate surface area is 126 Å². The Hall–Kier alpha value is -1.71. The predicted molar refractivity (Wildman–Crippen MR) is 87.7 cm³/mol. The van der Waals surface area contributed by atoms with Crippen LogP contribution in [0.2, 0.25) is 0 Å². The molecule has 3 N–H and O–H groups in total. The van der Waals surface area contributed by atoms with Gasteiger partial charge in [-0.05, 0) is 48.8 Å². The fourth-order valence-corrected chi connectivity index (χ4v) is 3.68. The molecule has 0 radical (unpaired) electrons. The summed E-state index contributed by atoms with van der Waals surface area (Å²) in [6.45, 7) is 6.68. The quantitative estimate of drug-likeness (QED) is 0.840. The predicted octanol–water partition coefficient (Wildman–Crippen LogP) is 3.17. The molecule has 3 rings (SSSR count). The first-order valence-electron chi connectivity index (χ1n) is 8.04. The van der Waals surface area contributed by atoms with Crippen LogP contribution in [0, 0.1) is 5.41 Å². The van der Waals surface area contributed by atoms with Crippen LogP contribution in [0.25, 0.3) is 0 Å². The molecule has 21 heavy (non-hydrogen) atoms. The van der Waals surface area contributed by atoms with Gasteiger partial charge in [0.15, 0.2) is 0 Å². The second-order valence-corrected chi connectivity index (χ2v) is 6.50. The minimum atomic E-state index is 0.108. The fraction of sp³-hybridized carbons (Fsp3) is 0.588. The smallest absolute Gasteiger partial charge is 0.224 e. The molecule has 2 heterocycles. The number of nitrogens with two attached hydrogens (primary N) is 1. The molecule has 2 aliphatic heterocycles. The van der Waals surface area contributed by atoms with E-state index in [-0.39, 0.29) is 5.91 Å². The third-order valence-electron chi connectivity index (χ3n) is 5.43. The number of nitrogen functional groups attached to an aromatic ring is 1. The van der Waals surface area contributed by atoms with Gasteiger partial charge in [0, 0.05) is 25.2 Å². The lowest BCUT2D eigenvalue weighted by molar-refractivity contribution is -0.116. The number of carbonyl (C=O) groups is 1. The van der Waals surface area contributed by atoms with E-state index in [0.717, 1.165) is 42.1 Å². The molecule has 2 aliphatic rings. The van der Waals surface area contributed by atoms with Crippen molar-refractivity contribution in [3.05, 3.63) is 17.7 Å². The molecule has 0 aliphatic carbocycles. The Morgan fingerprint density at radius 2 is 2.05 bits per heavy atom. The normalized spacial score (nSPS) is 20.3. The average molecular weight is 287 g/mol. The standard InChI is InChI=1S/C17H25N3O/c1-3-17(4-2)7-8-20(11-17)15-10-14-12(9-13(15)18)5-6-16(21)19-14/h9-10H,3-8,11,18H2,1-2H3,(H,19,21). The summed E-state index contributed by atoms with van der Waals surface area (Å²) in [5.74, 6) is 0.108. The molecule has 4 nitrogen and oxygen atoms in total.